The first kappa shape index (κ1) is 22.3. The van der Waals surface area contributed by atoms with E-state index in [2.05, 4.69) is 31.2 Å². The third-order valence-electron chi connectivity index (χ3n) is 4.44. The molecule has 0 radical (unpaired) electrons. The van der Waals surface area contributed by atoms with E-state index in [0.29, 0.717) is 16.6 Å². The molecule has 158 valence electrons. The van der Waals surface area contributed by atoms with Crippen LogP contribution < -0.4 is 5.32 Å². The molecule has 2 aromatic carbocycles. The highest BCUT2D eigenvalue weighted by molar-refractivity contribution is 6.30. The first-order valence-corrected chi connectivity index (χ1v) is 10.5. The van der Waals surface area contributed by atoms with Crippen molar-refractivity contribution in [2.24, 2.45) is 0 Å². The molecule has 0 bridgehead atoms. The van der Waals surface area contributed by atoms with Crippen molar-refractivity contribution in [3.8, 4) is 16.9 Å². The molecule has 3 aromatic rings. The number of rotatable bonds is 6. The summed E-state index contributed by atoms with van der Waals surface area (Å²) in [6.07, 6.45) is 0. The molecule has 1 aromatic heterocycles. The summed E-state index contributed by atoms with van der Waals surface area (Å²) in [6, 6.07) is 14.8. The van der Waals surface area contributed by atoms with E-state index in [4.69, 9.17) is 27.9 Å². The van der Waals surface area contributed by atoms with Crippen molar-refractivity contribution in [1.29, 1.82) is 0 Å². The van der Waals surface area contributed by atoms with Crippen LogP contribution in [0.25, 0.3) is 16.9 Å². The van der Waals surface area contributed by atoms with E-state index in [0.717, 1.165) is 22.5 Å². The molecule has 0 saturated heterocycles. The van der Waals surface area contributed by atoms with E-state index in [1.54, 1.807) is 23.7 Å². The van der Waals surface area contributed by atoms with Crippen LogP contribution in [0.1, 0.15) is 43.7 Å². The van der Waals surface area contributed by atoms with Crippen molar-refractivity contribution < 1.29 is 9.53 Å². The summed E-state index contributed by atoms with van der Waals surface area (Å²) >= 11 is 12.2. The summed E-state index contributed by atoms with van der Waals surface area (Å²) in [5.74, 6) is -0.453. The number of nitrogens with one attached hydrogen (secondary N) is 1. The van der Waals surface area contributed by atoms with Crippen LogP contribution in [0.3, 0.4) is 0 Å². The number of benzene rings is 2. The van der Waals surface area contributed by atoms with Gasteiger partial charge in [-0.15, -0.1) is 0 Å². The van der Waals surface area contributed by atoms with Crippen LogP contribution in [0, 0.1) is 0 Å². The molecule has 1 heterocycles. The Hall–Kier alpha value is -2.34. The van der Waals surface area contributed by atoms with Gasteiger partial charge in [0, 0.05) is 33.3 Å². The number of aromatic nitrogens is 2. The number of nitrogens with zero attached hydrogens (tertiary/aromatic N) is 2. The van der Waals surface area contributed by atoms with Gasteiger partial charge < -0.3 is 10.1 Å². The van der Waals surface area contributed by atoms with Crippen molar-refractivity contribution in [2.75, 3.05) is 6.61 Å². The Morgan fingerprint density at radius 1 is 1.03 bits per heavy atom. The van der Waals surface area contributed by atoms with Crippen LogP contribution >= 0.6 is 23.2 Å². The molecule has 5 nitrogen and oxygen atoms in total. The summed E-state index contributed by atoms with van der Waals surface area (Å²) < 4.78 is 7.05. The summed E-state index contributed by atoms with van der Waals surface area (Å²) in [7, 11) is 0. The first-order chi connectivity index (χ1) is 14.2. The summed E-state index contributed by atoms with van der Waals surface area (Å²) in [5, 5.41) is 9.38. The number of hydrogen-bond acceptors (Lipinski definition) is 4. The van der Waals surface area contributed by atoms with Gasteiger partial charge in [-0.3, -0.25) is 0 Å². The normalized spacial score (nSPS) is 11.5. The zero-order chi connectivity index (χ0) is 21.9. The smallest absolute Gasteiger partial charge is 0.359 e. The number of esters is 1. The lowest BCUT2D eigenvalue weighted by Gasteiger charge is -2.21. The van der Waals surface area contributed by atoms with E-state index in [1.165, 1.54) is 0 Å². The van der Waals surface area contributed by atoms with Gasteiger partial charge in [0.05, 0.1) is 18.0 Å². The molecule has 0 fully saturated rings. The number of ether oxygens (including phenoxy) is 1. The largest absolute Gasteiger partial charge is 0.461 e. The third kappa shape index (κ3) is 5.22. The molecule has 3 rings (SSSR count). The van der Waals surface area contributed by atoms with Gasteiger partial charge in [0.1, 0.15) is 0 Å². The second-order valence-corrected chi connectivity index (χ2v) is 8.77. The Morgan fingerprint density at radius 3 is 2.13 bits per heavy atom. The fraction of sp³-hybridized carbons (Fsp3) is 0.304. The molecule has 0 saturated carbocycles. The highest BCUT2D eigenvalue weighted by Crippen LogP contribution is 2.31. The molecule has 0 unspecified atom stereocenters. The molecule has 0 aliphatic heterocycles. The highest BCUT2D eigenvalue weighted by Gasteiger charge is 2.26. The molecule has 0 amide bonds. The van der Waals surface area contributed by atoms with Crippen LogP contribution in [-0.4, -0.2) is 27.9 Å². The van der Waals surface area contributed by atoms with Crippen molar-refractivity contribution in [3.05, 3.63) is 69.8 Å². The predicted molar refractivity (Wildman–Crippen MR) is 122 cm³/mol. The van der Waals surface area contributed by atoms with Gasteiger partial charge >= 0.3 is 5.97 Å². The molecule has 0 spiro atoms. The average molecular weight is 446 g/mol. The molecule has 7 heteroatoms. The van der Waals surface area contributed by atoms with Crippen LogP contribution in [0.4, 0.5) is 0 Å². The maximum atomic E-state index is 12.8. The molecular formula is C23H25Cl2N3O2. The first-order valence-electron chi connectivity index (χ1n) is 9.75. The van der Waals surface area contributed by atoms with E-state index >= 15 is 0 Å². The molecule has 0 aliphatic carbocycles. The molecule has 0 atom stereocenters. The second-order valence-electron chi connectivity index (χ2n) is 7.89. The van der Waals surface area contributed by atoms with E-state index < -0.39 is 5.97 Å². The number of halogens is 2. The monoisotopic (exact) mass is 445 g/mol. The van der Waals surface area contributed by atoms with Gasteiger partial charge in [0.15, 0.2) is 5.69 Å². The average Bonchev–Trinajstić information content (AvgIpc) is 3.07. The quantitative estimate of drug-likeness (QED) is 0.479. The van der Waals surface area contributed by atoms with E-state index in [1.807, 2.05) is 36.4 Å². The maximum Gasteiger partial charge on any atom is 0.359 e. The second kappa shape index (κ2) is 9.21. The summed E-state index contributed by atoms with van der Waals surface area (Å²) in [4.78, 5) is 12.8. The van der Waals surface area contributed by atoms with Gasteiger partial charge in [0.25, 0.3) is 0 Å². The van der Waals surface area contributed by atoms with Crippen molar-refractivity contribution in [3.63, 3.8) is 0 Å². The Balaban J connectivity index is 2.25. The lowest BCUT2D eigenvalue weighted by atomic mass is 10.0. The Kier molecular flexibility index (Phi) is 6.86. The standard InChI is InChI=1S/C23H25Cl2N3O2/c1-5-30-22(29)20-19(14-26-23(2,3)4)21(15-6-8-16(24)9-7-15)28(27-20)18-12-10-17(25)11-13-18/h6-13,26H,5,14H2,1-4H3. The number of carbonyl (C=O) groups is 1. The zero-order valence-corrected chi connectivity index (χ0v) is 19.0. The fourth-order valence-electron chi connectivity index (χ4n) is 3.01. The summed E-state index contributed by atoms with van der Waals surface area (Å²) in [6.45, 7) is 8.72. The van der Waals surface area contributed by atoms with Gasteiger partial charge in [-0.05, 0) is 64.1 Å². The Morgan fingerprint density at radius 2 is 1.60 bits per heavy atom. The van der Waals surface area contributed by atoms with Gasteiger partial charge in [0.2, 0.25) is 0 Å². The topological polar surface area (TPSA) is 56.1 Å². The van der Waals surface area contributed by atoms with Crippen LogP contribution in [0.15, 0.2) is 48.5 Å². The Bertz CT molecular complexity index is 1020. The van der Waals surface area contributed by atoms with Crippen molar-refractivity contribution in [2.45, 2.75) is 39.8 Å². The van der Waals surface area contributed by atoms with Gasteiger partial charge in [-0.25, -0.2) is 9.48 Å². The maximum absolute atomic E-state index is 12.8. The zero-order valence-electron chi connectivity index (χ0n) is 17.5. The number of carbonyl (C=O) groups excluding carboxylic acids is 1. The highest BCUT2D eigenvalue weighted by atomic mass is 35.5. The van der Waals surface area contributed by atoms with Gasteiger partial charge in [-0.1, -0.05) is 35.3 Å². The molecule has 30 heavy (non-hydrogen) atoms. The van der Waals surface area contributed by atoms with Crippen molar-refractivity contribution in [1.82, 2.24) is 15.1 Å². The SMILES string of the molecule is CCOC(=O)c1nn(-c2ccc(Cl)cc2)c(-c2ccc(Cl)cc2)c1CNC(C)(C)C. The predicted octanol–water partition coefficient (Wildman–Crippen LogP) is 5.91. The Labute approximate surface area is 187 Å². The van der Waals surface area contributed by atoms with E-state index in [9.17, 15) is 4.79 Å². The third-order valence-corrected chi connectivity index (χ3v) is 4.94. The van der Waals surface area contributed by atoms with Crippen LogP contribution in [-0.2, 0) is 11.3 Å². The van der Waals surface area contributed by atoms with Crippen LogP contribution in [0.2, 0.25) is 10.0 Å². The fourth-order valence-corrected chi connectivity index (χ4v) is 3.26. The minimum atomic E-state index is -0.453. The lowest BCUT2D eigenvalue weighted by Crippen LogP contribution is -2.35. The lowest BCUT2D eigenvalue weighted by molar-refractivity contribution is 0.0517. The van der Waals surface area contributed by atoms with Gasteiger partial charge in [-0.2, -0.15) is 5.10 Å². The van der Waals surface area contributed by atoms with Crippen molar-refractivity contribution >= 4 is 29.2 Å². The molecule has 1 N–H and O–H groups in total. The minimum absolute atomic E-state index is 0.147. The summed E-state index contributed by atoms with van der Waals surface area (Å²) in [5.41, 5.74) is 3.38. The van der Waals surface area contributed by atoms with Crippen LogP contribution in [0.5, 0.6) is 0 Å². The number of hydrogen-bond donors (Lipinski definition) is 1. The molecule has 0 aliphatic rings. The van der Waals surface area contributed by atoms with E-state index in [-0.39, 0.29) is 17.8 Å². The molecular weight excluding hydrogens is 421 g/mol. The minimum Gasteiger partial charge on any atom is -0.461 e.